The number of likely N-dealkylation sites (tertiary alicyclic amines) is 1. The van der Waals surface area contributed by atoms with Gasteiger partial charge in [0.1, 0.15) is 0 Å². The van der Waals surface area contributed by atoms with Gasteiger partial charge in [-0.3, -0.25) is 14.5 Å². The average molecular weight is 344 g/mol. The predicted molar refractivity (Wildman–Crippen MR) is 96.1 cm³/mol. The lowest BCUT2D eigenvalue weighted by molar-refractivity contribution is -0.141. The summed E-state index contributed by atoms with van der Waals surface area (Å²) >= 11 is 0. The summed E-state index contributed by atoms with van der Waals surface area (Å²) in [7, 11) is 1.97. The van der Waals surface area contributed by atoms with Gasteiger partial charge in [0.15, 0.2) is 0 Å². The molecule has 0 aromatic heterocycles. The highest BCUT2D eigenvalue weighted by Gasteiger charge is 2.52. The number of fused-ring (bicyclic) bond motifs is 1. The topological polar surface area (TPSA) is 60.9 Å². The maximum absolute atomic E-state index is 13.0. The van der Waals surface area contributed by atoms with Crippen LogP contribution in [0.3, 0.4) is 0 Å². The van der Waals surface area contributed by atoms with Gasteiger partial charge in [-0.2, -0.15) is 0 Å². The van der Waals surface area contributed by atoms with Gasteiger partial charge in [0.2, 0.25) is 11.8 Å². The fourth-order valence-electron chi connectivity index (χ4n) is 4.15. The Morgan fingerprint density at radius 1 is 1.12 bits per heavy atom. The maximum atomic E-state index is 13.0. The summed E-state index contributed by atoms with van der Waals surface area (Å²) in [6, 6.07) is 8.27. The number of imide groups is 1. The molecule has 1 unspecified atom stereocenters. The lowest BCUT2D eigenvalue weighted by Gasteiger charge is -2.32. The second kappa shape index (κ2) is 7.67. The number of hydrogen-bond acceptors (Lipinski definition) is 4. The number of carbonyl (C=O) groups is 2. The Balaban J connectivity index is 1.58. The number of benzene rings is 1. The van der Waals surface area contributed by atoms with Crippen LogP contribution in [-0.4, -0.2) is 60.0 Å². The normalized spacial score (nSPS) is 22.9. The molecule has 1 saturated heterocycles. The fourth-order valence-corrected chi connectivity index (χ4v) is 4.15. The van der Waals surface area contributed by atoms with E-state index in [1.54, 1.807) is 0 Å². The zero-order valence-electron chi connectivity index (χ0n) is 15.0. The Labute approximate surface area is 149 Å². The van der Waals surface area contributed by atoms with Gasteiger partial charge in [0, 0.05) is 19.5 Å². The molecule has 2 aliphatic rings. The minimum absolute atomic E-state index is 0.00639. The standard InChI is InChI=1S/C20H28N2O3/c1-21(12-13-23)10-4-5-11-22-18(24)15-20(19(22)25)9-8-16-6-2-3-7-17(16)14-20/h2-3,6-7,23H,4-5,8-15H2,1H3. The molecule has 5 nitrogen and oxygen atoms in total. The van der Waals surface area contributed by atoms with Crippen LogP contribution in [0.5, 0.6) is 0 Å². The number of nitrogens with zero attached hydrogens (tertiary/aromatic N) is 2. The monoisotopic (exact) mass is 344 g/mol. The summed E-state index contributed by atoms with van der Waals surface area (Å²) in [5.41, 5.74) is 2.04. The van der Waals surface area contributed by atoms with Gasteiger partial charge in [0.05, 0.1) is 12.0 Å². The molecule has 1 aliphatic heterocycles. The van der Waals surface area contributed by atoms with Crippen molar-refractivity contribution < 1.29 is 14.7 Å². The summed E-state index contributed by atoms with van der Waals surface area (Å²) in [6.07, 6.45) is 4.47. The van der Waals surface area contributed by atoms with Crippen LogP contribution < -0.4 is 0 Å². The molecule has 1 fully saturated rings. The van der Waals surface area contributed by atoms with E-state index in [-0.39, 0.29) is 18.4 Å². The third kappa shape index (κ3) is 3.77. The van der Waals surface area contributed by atoms with E-state index < -0.39 is 5.41 Å². The molecule has 25 heavy (non-hydrogen) atoms. The van der Waals surface area contributed by atoms with Crippen LogP contribution >= 0.6 is 0 Å². The van der Waals surface area contributed by atoms with Crippen molar-refractivity contribution >= 4 is 11.8 Å². The van der Waals surface area contributed by atoms with E-state index in [9.17, 15) is 9.59 Å². The van der Waals surface area contributed by atoms with Crippen LogP contribution in [-0.2, 0) is 22.4 Å². The third-order valence-electron chi connectivity index (χ3n) is 5.66. The number of aryl methyl sites for hydroxylation is 1. The molecule has 0 saturated carbocycles. The average Bonchev–Trinajstić information content (AvgIpc) is 2.82. The van der Waals surface area contributed by atoms with Crippen molar-refractivity contribution in [2.75, 3.05) is 33.3 Å². The molecular formula is C20H28N2O3. The number of likely N-dealkylation sites (N-methyl/N-ethyl adjacent to an activating group) is 1. The highest BCUT2D eigenvalue weighted by atomic mass is 16.3. The van der Waals surface area contributed by atoms with Crippen molar-refractivity contribution in [3.8, 4) is 0 Å². The summed E-state index contributed by atoms with van der Waals surface area (Å²) in [5.74, 6) is 0.0313. The van der Waals surface area contributed by atoms with Crippen molar-refractivity contribution in [2.45, 2.75) is 38.5 Å². The van der Waals surface area contributed by atoms with Crippen LogP contribution in [0, 0.1) is 5.41 Å². The van der Waals surface area contributed by atoms with Crippen molar-refractivity contribution in [3.05, 3.63) is 35.4 Å². The largest absolute Gasteiger partial charge is 0.395 e. The molecule has 1 atom stereocenters. The van der Waals surface area contributed by atoms with Crippen LogP contribution in [0.25, 0.3) is 0 Å². The molecule has 0 radical (unpaired) electrons. The SMILES string of the molecule is CN(CCO)CCCCN1C(=O)CC2(CCc3ccccc3C2)C1=O. The summed E-state index contributed by atoms with van der Waals surface area (Å²) in [5, 5.41) is 8.91. The molecule has 3 rings (SSSR count). The van der Waals surface area contributed by atoms with Crippen molar-refractivity contribution in [1.82, 2.24) is 9.80 Å². The minimum atomic E-state index is -0.501. The fraction of sp³-hybridized carbons (Fsp3) is 0.600. The molecular weight excluding hydrogens is 316 g/mol. The van der Waals surface area contributed by atoms with Crippen molar-refractivity contribution in [2.24, 2.45) is 5.41 Å². The third-order valence-corrected chi connectivity index (χ3v) is 5.66. The predicted octanol–water partition coefficient (Wildman–Crippen LogP) is 1.62. The molecule has 1 aromatic rings. The van der Waals surface area contributed by atoms with Gasteiger partial charge in [-0.25, -0.2) is 0 Å². The van der Waals surface area contributed by atoms with E-state index in [1.807, 2.05) is 19.2 Å². The smallest absolute Gasteiger partial charge is 0.236 e. The Morgan fingerprint density at radius 3 is 2.64 bits per heavy atom. The summed E-state index contributed by atoms with van der Waals surface area (Å²) < 4.78 is 0. The molecule has 1 spiro atoms. The highest BCUT2D eigenvalue weighted by molar-refractivity contribution is 6.06. The first kappa shape index (κ1) is 18.1. The highest BCUT2D eigenvalue weighted by Crippen LogP contribution is 2.44. The van der Waals surface area contributed by atoms with Gasteiger partial charge in [-0.15, -0.1) is 0 Å². The lowest BCUT2D eigenvalue weighted by atomic mass is 9.70. The van der Waals surface area contributed by atoms with Crippen LogP contribution in [0.2, 0.25) is 0 Å². The zero-order valence-corrected chi connectivity index (χ0v) is 15.0. The number of aliphatic hydroxyl groups is 1. The minimum Gasteiger partial charge on any atom is -0.395 e. The van der Waals surface area contributed by atoms with E-state index >= 15 is 0 Å². The van der Waals surface area contributed by atoms with E-state index in [0.717, 1.165) is 32.2 Å². The van der Waals surface area contributed by atoms with E-state index in [1.165, 1.54) is 16.0 Å². The second-order valence-electron chi connectivity index (χ2n) is 7.49. The van der Waals surface area contributed by atoms with Crippen molar-refractivity contribution in [3.63, 3.8) is 0 Å². The zero-order chi connectivity index (χ0) is 17.9. The first-order chi connectivity index (χ1) is 12.1. The molecule has 2 amide bonds. The van der Waals surface area contributed by atoms with Gasteiger partial charge < -0.3 is 10.0 Å². The molecule has 1 N–H and O–H groups in total. The first-order valence-electron chi connectivity index (χ1n) is 9.27. The van der Waals surface area contributed by atoms with E-state index in [4.69, 9.17) is 5.11 Å². The van der Waals surface area contributed by atoms with Crippen LogP contribution in [0.4, 0.5) is 0 Å². The number of hydrogen-bond donors (Lipinski definition) is 1. The molecule has 136 valence electrons. The van der Waals surface area contributed by atoms with Crippen molar-refractivity contribution in [1.29, 1.82) is 0 Å². The number of carbonyl (C=O) groups excluding carboxylic acids is 2. The van der Waals surface area contributed by atoms with Gasteiger partial charge in [-0.05, 0) is 56.8 Å². The summed E-state index contributed by atoms with van der Waals surface area (Å²) in [6.45, 7) is 2.21. The van der Waals surface area contributed by atoms with Gasteiger partial charge in [-0.1, -0.05) is 24.3 Å². The Bertz CT molecular complexity index is 646. The summed E-state index contributed by atoms with van der Waals surface area (Å²) in [4.78, 5) is 29.0. The van der Waals surface area contributed by atoms with Crippen LogP contribution in [0.1, 0.15) is 36.8 Å². The molecule has 5 heteroatoms. The second-order valence-corrected chi connectivity index (χ2v) is 7.49. The number of rotatable bonds is 7. The van der Waals surface area contributed by atoms with E-state index in [2.05, 4.69) is 17.0 Å². The van der Waals surface area contributed by atoms with E-state index in [0.29, 0.717) is 25.9 Å². The maximum Gasteiger partial charge on any atom is 0.236 e. The Morgan fingerprint density at radius 2 is 1.88 bits per heavy atom. The number of unbranched alkanes of at least 4 members (excludes halogenated alkanes) is 1. The Hall–Kier alpha value is -1.72. The molecule has 0 bridgehead atoms. The quantitative estimate of drug-likeness (QED) is 0.603. The van der Waals surface area contributed by atoms with Crippen LogP contribution in [0.15, 0.2) is 24.3 Å². The molecule has 1 heterocycles. The van der Waals surface area contributed by atoms with Gasteiger partial charge >= 0.3 is 0 Å². The number of aliphatic hydroxyl groups excluding tert-OH is 1. The van der Waals surface area contributed by atoms with Gasteiger partial charge in [0.25, 0.3) is 0 Å². The molecule has 1 aromatic carbocycles. The molecule has 1 aliphatic carbocycles. The first-order valence-corrected chi connectivity index (χ1v) is 9.27. The lowest BCUT2D eigenvalue weighted by Crippen LogP contribution is -2.39. The number of amides is 2. The Kier molecular flexibility index (Phi) is 5.54.